The molecule has 2 heterocycles. The summed E-state index contributed by atoms with van der Waals surface area (Å²) in [5.41, 5.74) is 1.17. The first-order valence-electron chi connectivity index (χ1n) is 7.44. The summed E-state index contributed by atoms with van der Waals surface area (Å²) in [7, 11) is 0. The van der Waals surface area contributed by atoms with E-state index in [2.05, 4.69) is 12.1 Å². The number of aliphatic hydroxyl groups excluding tert-OH is 1. The molecule has 0 radical (unpaired) electrons. The lowest BCUT2D eigenvalue weighted by Gasteiger charge is -2.31. The number of carbonyl (C=O) groups excluding carboxylic acids is 1. The van der Waals surface area contributed by atoms with Crippen molar-refractivity contribution in [3.63, 3.8) is 0 Å². The van der Waals surface area contributed by atoms with Gasteiger partial charge in [-0.3, -0.25) is 4.79 Å². The zero-order chi connectivity index (χ0) is 13.9. The number of likely N-dealkylation sites (tertiary alicyclic amines) is 1. The summed E-state index contributed by atoms with van der Waals surface area (Å²) in [6.07, 6.45) is 4.27. The van der Waals surface area contributed by atoms with Gasteiger partial charge in [-0.15, -0.1) is 11.8 Å². The van der Waals surface area contributed by atoms with Crippen LogP contribution >= 0.6 is 11.8 Å². The van der Waals surface area contributed by atoms with Crippen LogP contribution in [0.2, 0.25) is 0 Å². The summed E-state index contributed by atoms with van der Waals surface area (Å²) in [5.74, 6) is 1.03. The molecule has 108 valence electrons. The Labute approximate surface area is 124 Å². The number of rotatable bonds is 2. The quantitative estimate of drug-likeness (QED) is 0.910. The molecule has 0 aliphatic carbocycles. The molecule has 1 fully saturated rings. The van der Waals surface area contributed by atoms with Crippen LogP contribution in [0.3, 0.4) is 0 Å². The van der Waals surface area contributed by atoms with E-state index in [1.165, 1.54) is 10.5 Å². The van der Waals surface area contributed by atoms with Crippen molar-refractivity contribution in [2.45, 2.75) is 42.5 Å². The molecule has 0 saturated carbocycles. The Hall–Kier alpha value is -1.00. The third-order valence-electron chi connectivity index (χ3n) is 4.37. The lowest BCUT2D eigenvalue weighted by Crippen LogP contribution is -2.44. The molecular weight excluding hydrogens is 270 g/mol. The Morgan fingerprint density at radius 3 is 3.00 bits per heavy atom. The zero-order valence-corrected chi connectivity index (χ0v) is 12.4. The smallest absolute Gasteiger partial charge is 0.231 e. The summed E-state index contributed by atoms with van der Waals surface area (Å²) in [6.45, 7) is 0.890. The number of benzene rings is 1. The number of hydrogen-bond donors (Lipinski definition) is 1. The fourth-order valence-corrected chi connectivity index (χ4v) is 4.44. The maximum absolute atomic E-state index is 12.9. The summed E-state index contributed by atoms with van der Waals surface area (Å²) in [5, 5.41) is 9.57. The molecule has 0 aromatic heterocycles. The van der Waals surface area contributed by atoms with Crippen molar-refractivity contribution in [1.29, 1.82) is 0 Å². The van der Waals surface area contributed by atoms with Crippen LogP contribution in [0.1, 0.15) is 37.2 Å². The van der Waals surface area contributed by atoms with Crippen LogP contribution in [0.4, 0.5) is 0 Å². The Morgan fingerprint density at radius 2 is 2.15 bits per heavy atom. The molecule has 2 unspecified atom stereocenters. The maximum atomic E-state index is 12.9. The van der Waals surface area contributed by atoms with Crippen molar-refractivity contribution in [3.05, 3.63) is 29.8 Å². The van der Waals surface area contributed by atoms with Crippen LogP contribution in [-0.2, 0) is 4.79 Å². The largest absolute Gasteiger partial charge is 0.394 e. The van der Waals surface area contributed by atoms with Gasteiger partial charge < -0.3 is 10.0 Å². The molecule has 2 aliphatic rings. The van der Waals surface area contributed by atoms with Gasteiger partial charge in [0.2, 0.25) is 5.91 Å². The molecule has 1 aromatic rings. The fourth-order valence-electron chi connectivity index (χ4n) is 3.22. The van der Waals surface area contributed by atoms with Gasteiger partial charge in [-0.2, -0.15) is 0 Å². The highest BCUT2D eigenvalue weighted by Crippen LogP contribution is 2.40. The van der Waals surface area contributed by atoms with Gasteiger partial charge in [0.25, 0.3) is 0 Å². The van der Waals surface area contributed by atoms with Crippen LogP contribution in [0.15, 0.2) is 29.2 Å². The van der Waals surface area contributed by atoms with Crippen LogP contribution in [0.5, 0.6) is 0 Å². The number of hydrogen-bond acceptors (Lipinski definition) is 3. The van der Waals surface area contributed by atoms with Crippen LogP contribution < -0.4 is 0 Å². The van der Waals surface area contributed by atoms with Gasteiger partial charge in [-0.05, 0) is 24.5 Å². The molecule has 2 atom stereocenters. The molecule has 1 aromatic carbocycles. The highest BCUT2D eigenvalue weighted by atomic mass is 32.2. The Morgan fingerprint density at radius 1 is 1.30 bits per heavy atom. The highest BCUT2D eigenvalue weighted by molar-refractivity contribution is 7.99. The van der Waals surface area contributed by atoms with Crippen LogP contribution in [-0.4, -0.2) is 40.9 Å². The number of thioether (sulfide) groups is 1. The van der Waals surface area contributed by atoms with Crippen molar-refractivity contribution in [1.82, 2.24) is 4.90 Å². The van der Waals surface area contributed by atoms with E-state index in [1.54, 1.807) is 11.8 Å². The van der Waals surface area contributed by atoms with E-state index < -0.39 is 0 Å². The third kappa shape index (κ3) is 2.59. The van der Waals surface area contributed by atoms with Crippen molar-refractivity contribution >= 4 is 17.7 Å². The van der Waals surface area contributed by atoms with E-state index in [1.807, 2.05) is 17.0 Å². The van der Waals surface area contributed by atoms with Crippen molar-refractivity contribution in [3.8, 4) is 0 Å². The first-order chi connectivity index (χ1) is 9.81. The van der Waals surface area contributed by atoms with Gasteiger partial charge in [-0.1, -0.05) is 31.0 Å². The highest BCUT2D eigenvalue weighted by Gasteiger charge is 2.35. The molecule has 1 saturated heterocycles. The molecule has 1 amide bonds. The van der Waals surface area contributed by atoms with Gasteiger partial charge in [0.15, 0.2) is 0 Å². The van der Waals surface area contributed by atoms with Gasteiger partial charge in [0, 0.05) is 17.2 Å². The van der Waals surface area contributed by atoms with E-state index in [0.717, 1.165) is 38.0 Å². The molecule has 0 spiro atoms. The second-order valence-electron chi connectivity index (χ2n) is 5.62. The van der Waals surface area contributed by atoms with Crippen LogP contribution in [0, 0.1) is 0 Å². The molecule has 3 rings (SSSR count). The summed E-state index contributed by atoms with van der Waals surface area (Å²) >= 11 is 1.77. The zero-order valence-electron chi connectivity index (χ0n) is 11.6. The predicted octanol–water partition coefficient (Wildman–Crippen LogP) is 2.64. The predicted molar refractivity (Wildman–Crippen MR) is 81.0 cm³/mol. The number of amides is 1. The number of nitrogens with zero attached hydrogens (tertiary/aromatic N) is 1. The van der Waals surface area contributed by atoms with E-state index in [4.69, 9.17) is 0 Å². The molecular formula is C16H21NO2S. The van der Waals surface area contributed by atoms with Crippen molar-refractivity contribution in [2.75, 3.05) is 18.9 Å². The first-order valence-corrected chi connectivity index (χ1v) is 8.43. The van der Waals surface area contributed by atoms with E-state index >= 15 is 0 Å². The minimum Gasteiger partial charge on any atom is -0.394 e. The Kier molecular flexibility index (Phi) is 4.32. The lowest BCUT2D eigenvalue weighted by atomic mass is 9.98. The average Bonchev–Trinajstić information content (AvgIpc) is 2.76. The minimum absolute atomic E-state index is 0.0164. The van der Waals surface area contributed by atoms with E-state index in [9.17, 15) is 9.90 Å². The number of carbonyl (C=O) groups is 1. The van der Waals surface area contributed by atoms with Gasteiger partial charge in [0.1, 0.15) is 0 Å². The third-order valence-corrected chi connectivity index (χ3v) is 5.55. The molecule has 20 heavy (non-hydrogen) atoms. The molecule has 1 N–H and O–H groups in total. The van der Waals surface area contributed by atoms with Gasteiger partial charge in [0.05, 0.1) is 18.6 Å². The fraction of sp³-hybridized carbons (Fsp3) is 0.562. The van der Waals surface area contributed by atoms with Crippen molar-refractivity contribution in [2.24, 2.45) is 0 Å². The molecule has 0 bridgehead atoms. The van der Waals surface area contributed by atoms with E-state index in [-0.39, 0.29) is 24.5 Å². The normalized spacial score (nSPS) is 26.1. The minimum atomic E-state index is -0.0247. The maximum Gasteiger partial charge on any atom is 0.231 e. The Balaban J connectivity index is 1.81. The monoisotopic (exact) mass is 291 g/mol. The molecule has 2 aliphatic heterocycles. The summed E-state index contributed by atoms with van der Waals surface area (Å²) in [6, 6.07) is 8.23. The summed E-state index contributed by atoms with van der Waals surface area (Å²) < 4.78 is 0. The SMILES string of the molecule is O=C(C1CSc2ccccc21)N1CCCCCC1CO. The number of fused-ring (bicyclic) bond motifs is 1. The van der Waals surface area contributed by atoms with Gasteiger partial charge >= 0.3 is 0 Å². The van der Waals surface area contributed by atoms with Gasteiger partial charge in [-0.25, -0.2) is 0 Å². The van der Waals surface area contributed by atoms with Crippen LogP contribution in [0.25, 0.3) is 0 Å². The molecule has 3 nitrogen and oxygen atoms in total. The Bertz CT molecular complexity index is 491. The second-order valence-corrected chi connectivity index (χ2v) is 6.68. The topological polar surface area (TPSA) is 40.5 Å². The molecule has 4 heteroatoms. The first kappa shape index (κ1) is 14.0. The van der Waals surface area contributed by atoms with Crippen molar-refractivity contribution < 1.29 is 9.90 Å². The van der Waals surface area contributed by atoms with E-state index in [0.29, 0.717) is 0 Å². The standard InChI is InChI=1S/C16H21NO2S/c18-10-12-6-2-1-5-9-17(12)16(19)14-11-20-15-8-4-3-7-13(14)15/h3-4,7-8,12,14,18H,1-2,5-6,9-11H2. The number of aliphatic hydroxyl groups is 1. The lowest BCUT2D eigenvalue weighted by molar-refractivity contribution is -0.135. The summed E-state index contributed by atoms with van der Waals surface area (Å²) in [4.78, 5) is 16.1. The average molecular weight is 291 g/mol. The second kappa shape index (κ2) is 6.19.